The molecule has 4 aliphatic carbocycles. The number of hydrogen-bond donors (Lipinski definition) is 0. The van der Waals surface area contributed by atoms with Crippen molar-refractivity contribution in [1.29, 1.82) is 0 Å². The maximum Gasteiger partial charge on any atom is 0.0146 e. The van der Waals surface area contributed by atoms with Crippen LogP contribution in [0.4, 0.5) is 0 Å². The molecule has 0 heteroatoms. The first kappa shape index (κ1) is 27.6. The van der Waals surface area contributed by atoms with Gasteiger partial charge in [0.2, 0.25) is 0 Å². The highest BCUT2D eigenvalue weighted by molar-refractivity contribution is 5.47. The molecule has 0 aliphatic heterocycles. The van der Waals surface area contributed by atoms with Crippen LogP contribution in [0.3, 0.4) is 0 Å². The van der Waals surface area contributed by atoms with Crippen LogP contribution in [0.1, 0.15) is 199 Å². The Kier molecular flexibility index (Phi) is 8.87. The molecular weight excluding hydrogens is 468 g/mol. The molecule has 0 radical (unpaired) electrons. The van der Waals surface area contributed by atoms with Gasteiger partial charge in [-0.25, -0.2) is 0 Å². The van der Waals surface area contributed by atoms with Gasteiger partial charge in [-0.05, 0) is 108 Å². The smallest absolute Gasteiger partial charge is 0.0146 e. The largest absolute Gasteiger partial charge is 0.0552 e. The molecule has 0 aromatic heterocycles. The minimum absolute atomic E-state index is 0.0438. The fraction of sp³-hybridized carbons (Fsp3) is 0.692. The highest BCUT2D eigenvalue weighted by Crippen LogP contribution is 2.44. The first-order valence-electron chi connectivity index (χ1n) is 17.4. The second-order valence-corrected chi connectivity index (χ2v) is 14.7. The maximum atomic E-state index is 2.68. The zero-order valence-corrected chi connectivity index (χ0v) is 25.4. The van der Waals surface area contributed by atoms with E-state index in [1.807, 2.05) is 0 Å². The summed E-state index contributed by atoms with van der Waals surface area (Å²) in [5.74, 6) is 3.12. The van der Waals surface area contributed by atoms with E-state index in [-0.39, 0.29) is 5.41 Å². The van der Waals surface area contributed by atoms with Gasteiger partial charge in [0.1, 0.15) is 0 Å². The molecule has 4 fully saturated rings. The lowest BCUT2D eigenvalue weighted by atomic mass is 9.71. The Balaban J connectivity index is 1.41. The highest BCUT2D eigenvalue weighted by Gasteiger charge is 2.30. The van der Waals surface area contributed by atoms with Gasteiger partial charge in [-0.1, -0.05) is 127 Å². The molecule has 6 rings (SSSR count). The third-order valence-corrected chi connectivity index (χ3v) is 11.7. The van der Waals surface area contributed by atoms with E-state index in [0.717, 1.165) is 23.7 Å². The van der Waals surface area contributed by atoms with Crippen LogP contribution in [0.25, 0.3) is 0 Å². The van der Waals surface area contributed by atoms with Crippen LogP contribution in [0, 0.1) is 0 Å². The average molecular weight is 525 g/mol. The number of rotatable bonds is 6. The molecule has 4 aliphatic rings. The van der Waals surface area contributed by atoms with Gasteiger partial charge in [0.15, 0.2) is 0 Å². The molecule has 0 amide bonds. The summed E-state index contributed by atoms with van der Waals surface area (Å²) in [6.45, 7) is 5.12. The normalized spacial score (nSPS) is 23.2. The number of hydrogen-bond acceptors (Lipinski definition) is 0. The predicted octanol–water partition coefficient (Wildman–Crippen LogP) is 12.2. The van der Waals surface area contributed by atoms with Crippen LogP contribution in [0.2, 0.25) is 0 Å². The van der Waals surface area contributed by atoms with Crippen molar-refractivity contribution in [3.05, 3.63) is 69.8 Å². The van der Waals surface area contributed by atoms with Crippen molar-refractivity contribution in [2.75, 3.05) is 0 Å². The molecule has 39 heavy (non-hydrogen) atoms. The van der Waals surface area contributed by atoms with E-state index in [1.165, 1.54) is 128 Å². The summed E-state index contributed by atoms with van der Waals surface area (Å²) in [7, 11) is 0. The third kappa shape index (κ3) is 6.36. The van der Waals surface area contributed by atoms with Gasteiger partial charge < -0.3 is 0 Å². The van der Waals surface area contributed by atoms with E-state index in [9.17, 15) is 0 Å². The van der Waals surface area contributed by atoms with E-state index in [1.54, 1.807) is 33.4 Å². The Morgan fingerprint density at radius 2 is 0.590 bits per heavy atom. The molecule has 212 valence electrons. The van der Waals surface area contributed by atoms with Gasteiger partial charge >= 0.3 is 0 Å². The van der Waals surface area contributed by atoms with Crippen molar-refractivity contribution >= 4 is 0 Å². The summed E-state index contributed by atoms with van der Waals surface area (Å²) in [6.07, 6.45) is 28.3. The van der Waals surface area contributed by atoms with Crippen molar-refractivity contribution in [3.63, 3.8) is 0 Å². The molecule has 4 saturated carbocycles. The van der Waals surface area contributed by atoms with Gasteiger partial charge in [0.05, 0.1) is 0 Å². The van der Waals surface area contributed by atoms with Crippen molar-refractivity contribution in [2.24, 2.45) is 0 Å². The molecule has 0 unspecified atom stereocenters. The Morgan fingerprint density at radius 3 is 0.821 bits per heavy atom. The third-order valence-electron chi connectivity index (χ3n) is 11.7. The molecule has 0 N–H and O–H groups in total. The number of benzene rings is 2. The molecule has 0 atom stereocenters. The second-order valence-electron chi connectivity index (χ2n) is 14.7. The zero-order valence-electron chi connectivity index (χ0n) is 25.4. The summed E-state index contributed by atoms with van der Waals surface area (Å²) in [5.41, 5.74) is 9.95. The molecule has 0 spiro atoms. The second kappa shape index (κ2) is 12.5. The van der Waals surface area contributed by atoms with Crippen LogP contribution < -0.4 is 0 Å². The first-order valence-corrected chi connectivity index (χ1v) is 17.4. The fourth-order valence-electron chi connectivity index (χ4n) is 8.93. The van der Waals surface area contributed by atoms with Crippen molar-refractivity contribution < 1.29 is 0 Å². The Bertz CT molecular complexity index is 907. The van der Waals surface area contributed by atoms with Gasteiger partial charge in [-0.15, -0.1) is 0 Å². The minimum atomic E-state index is 0.0438. The van der Waals surface area contributed by atoms with E-state index in [4.69, 9.17) is 0 Å². The van der Waals surface area contributed by atoms with Crippen LogP contribution in [-0.4, -0.2) is 0 Å². The van der Waals surface area contributed by atoms with Crippen LogP contribution in [0.15, 0.2) is 36.4 Å². The molecule has 2 aromatic rings. The van der Waals surface area contributed by atoms with Gasteiger partial charge in [0.25, 0.3) is 0 Å². The van der Waals surface area contributed by atoms with Crippen molar-refractivity contribution in [1.82, 2.24) is 0 Å². The summed E-state index contributed by atoms with van der Waals surface area (Å²) < 4.78 is 0. The quantitative estimate of drug-likeness (QED) is 0.352. The lowest BCUT2D eigenvalue weighted by Crippen LogP contribution is -2.22. The topological polar surface area (TPSA) is 0 Å². The van der Waals surface area contributed by atoms with Gasteiger partial charge in [-0.3, -0.25) is 0 Å². The summed E-state index contributed by atoms with van der Waals surface area (Å²) in [4.78, 5) is 0. The van der Waals surface area contributed by atoms with Crippen LogP contribution in [0.5, 0.6) is 0 Å². The SMILES string of the molecule is CC(C)(c1cc(C2CCCCC2)cc(C2CCCCC2)c1)c1cc(C2CCCCC2)cc(C2CCCCC2)c1. The molecule has 2 aromatic carbocycles. The lowest BCUT2D eigenvalue weighted by molar-refractivity contribution is 0.432. The van der Waals surface area contributed by atoms with Gasteiger partial charge in [-0.2, -0.15) is 0 Å². The van der Waals surface area contributed by atoms with E-state index in [0.29, 0.717) is 0 Å². The summed E-state index contributed by atoms with van der Waals surface area (Å²) >= 11 is 0. The minimum Gasteiger partial charge on any atom is -0.0552 e. The average Bonchev–Trinajstić information content (AvgIpc) is 3.02. The molecular formula is C39H56. The summed E-state index contributed by atoms with van der Waals surface area (Å²) in [5, 5.41) is 0. The Morgan fingerprint density at radius 1 is 0.359 bits per heavy atom. The monoisotopic (exact) mass is 524 g/mol. The maximum absolute atomic E-state index is 2.68. The predicted molar refractivity (Wildman–Crippen MR) is 168 cm³/mol. The van der Waals surface area contributed by atoms with E-state index in [2.05, 4.69) is 50.2 Å². The van der Waals surface area contributed by atoms with Crippen molar-refractivity contribution in [3.8, 4) is 0 Å². The molecule has 0 nitrogen and oxygen atoms in total. The standard InChI is InChI=1S/C39H56/c1-39(2,37-25-33(29-15-7-3-8-16-29)23-34(26-37)30-17-9-4-10-18-30)38-27-35(31-19-11-5-12-20-31)24-36(28-38)32-21-13-6-14-22-32/h23-32H,3-22H2,1-2H3. The highest BCUT2D eigenvalue weighted by atomic mass is 14.3. The van der Waals surface area contributed by atoms with Crippen molar-refractivity contribution in [2.45, 2.75) is 171 Å². The molecule has 0 saturated heterocycles. The van der Waals surface area contributed by atoms with Crippen LogP contribution >= 0.6 is 0 Å². The lowest BCUT2D eigenvalue weighted by Gasteiger charge is -2.34. The zero-order chi connectivity index (χ0) is 26.7. The Hall–Kier alpha value is -1.56. The van der Waals surface area contributed by atoms with Gasteiger partial charge in [0, 0.05) is 5.41 Å². The van der Waals surface area contributed by atoms with E-state index >= 15 is 0 Å². The molecule has 0 bridgehead atoms. The van der Waals surface area contributed by atoms with Crippen LogP contribution in [-0.2, 0) is 5.41 Å². The van der Waals surface area contributed by atoms with E-state index < -0.39 is 0 Å². The molecule has 0 heterocycles. The summed E-state index contributed by atoms with van der Waals surface area (Å²) in [6, 6.07) is 16.1. The first-order chi connectivity index (χ1) is 19.1. The fourth-order valence-corrected chi connectivity index (χ4v) is 8.93. The Labute approximate surface area is 240 Å².